The molecule has 2 rings (SSSR count). The van der Waals surface area contributed by atoms with E-state index in [1.165, 1.54) is 30.6 Å². The first-order valence-corrected chi connectivity index (χ1v) is 4.49. The van der Waals surface area contributed by atoms with Gasteiger partial charge in [-0.3, -0.25) is 4.98 Å². The lowest BCUT2D eigenvalue weighted by atomic mass is 10.1. The number of carbonyl (C=O) groups is 1. The van der Waals surface area contributed by atoms with Crippen LogP contribution in [0.3, 0.4) is 0 Å². The maximum atomic E-state index is 13.0. The van der Waals surface area contributed by atoms with Crippen LogP contribution in [0.4, 0.5) is 4.39 Å². The first kappa shape index (κ1) is 10.2. The SMILES string of the molecule is O=C(O)c1nccnc1-c1cccc(F)c1. The molecule has 16 heavy (non-hydrogen) atoms. The summed E-state index contributed by atoms with van der Waals surface area (Å²) in [5.41, 5.74) is 0.369. The van der Waals surface area contributed by atoms with E-state index in [0.717, 1.165) is 0 Å². The molecule has 0 amide bonds. The molecule has 0 aliphatic heterocycles. The number of halogens is 1. The molecule has 0 atom stereocenters. The Bertz CT molecular complexity index is 543. The summed E-state index contributed by atoms with van der Waals surface area (Å²) in [5.74, 6) is -1.63. The zero-order chi connectivity index (χ0) is 11.5. The average molecular weight is 218 g/mol. The molecule has 0 spiro atoms. The summed E-state index contributed by atoms with van der Waals surface area (Å²) in [4.78, 5) is 18.5. The largest absolute Gasteiger partial charge is 0.476 e. The lowest BCUT2D eigenvalue weighted by Crippen LogP contribution is -2.04. The third-order valence-corrected chi connectivity index (χ3v) is 2.00. The fourth-order valence-electron chi connectivity index (χ4n) is 1.34. The van der Waals surface area contributed by atoms with E-state index >= 15 is 0 Å². The van der Waals surface area contributed by atoms with Crippen LogP contribution in [0.15, 0.2) is 36.7 Å². The number of carboxylic acid groups (broad SMARTS) is 1. The Hall–Kier alpha value is -2.30. The first-order chi connectivity index (χ1) is 7.68. The summed E-state index contributed by atoms with van der Waals surface area (Å²) in [7, 11) is 0. The minimum absolute atomic E-state index is 0.162. The molecule has 0 radical (unpaired) electrons. The topological polar surface area (TPSA) is 63.1 Å². The predicted octanol–water partition coefficient (Wildman–Crippen LogP) is 1.98. The van der Waals surface area contributed by atoms with Gasteiger partial charge in [0.2, 0.25) is 0 Å². The van der Waals surface area contributed by atoms with Gasteiger partial charge < -0.3 is 5.11 Å². The lowest BCUT2D eigenvalue weighted by Gasteiger charge is -2.03. The molecule has 0 aliphatic rings. The highest BCUT2D eigenvalue weighted by Gasteiger charge is 2.14. The van der Waals surface area contributed by atoms with Gasteiger partial charge >= 0.3 is 5.97 Å². The predicted molar refractivity (Wildman–Crippen MR) is 54.4 cm³/mol. The molecule has 1 N–H and O–H groups in total. The van der Waals surface area contributed by atoms with Gasteiger partial charge in [0.1, 0.15) is 11.5 Å². The number of nitrogens with zero attached hydrogens (tertiary/aromatic N) is 2. The number of carboxylic acids is 1. The summed E-state index contributed by atoms with van der Waals surface area (Å²) in [6.45, 7) is 0. The number of hydrogen-bond acceptors (Lipinski definition) is 3. The molecule has 1 aromatic carbocycles. The molecule has 1 heterocycles. The number of rotatable bonds is 2. The van der Waals surface area contributed by atoms with Crippen molar-refractivity contribution >= 4 is 5.97 Å². The fourth-order valence-corrected chi connectivity index (χ4v) is 1.34. The number of hydrogen-bond donors (Lipinski definition) is 1. The molecule has 0 saturated carbocycles. The summed E-state index contributed by atoms with van der Waals surface area (Å²) < 4.78 is 13.0. The molecule has 0 fully saturated rings. The van der Waals surface area contributed by atoms with Crippen LogP contribution in [0.2, 0.25) is 0 Å². The maximum Gasteiger partial charge on any atom is 0.356 e. The highest BCUT2D eigenvalue weighted by atomic mass is 19.1. The fraction of sp³-hybridized carbons (Fsp3) is 0. The van der Waals surface area contributed by atoms with Crippen molar-refractivity contribution in [3.63, 3.8) is 0 Å². The molecular weight excluding hydrogens is 211 g/mol. The van der Waals surface area contributed by atoms with Crippen molar-refractivity contribution in [2.45, 2.75) is 0 Å². The number of benzene rings is 1. The zero-order valence-corrected chi connectivity index (χ0v) is 8.09. The Labute approximate surface area is 90.4 Å². The zero-order valence-electron chi connectivity index (χ0n) is 8.09. The van der Waals surface area contributed by atoms with Crippen LogP contribution in [0.5, 0.6) is 0 Å². The Balaban J connectivity index is 2.60. The van der Waals surface area contributed by atoms with Gasteiger partial charge in [-0.2, -0.15) is 0 Å². The monoisotopic (exact) mass is 218 g/mol. The molecule has 0 bridgehead atoms. The van der Waals surface area contributed by atoms with Crippen molar-refractivity contribution in [2.75, 3.05) is 0 Å². The Morgan fingerprint density at radius 1 is 1.25 bits per heavy atom. The van der Waals surface area contributed by atoms with Crippen LogP contribution >= 0.6 is 0 Å². The van der Waals surface area contributed by atoms with Crippen LogP contribution in [0, 0.1) is 5.82 Å². The Morgan fingerprint density at radius 2 is 2.00 bits per heavy atom. The van der Waals surface area contributed by atoms with Gasteiger partial charge in [0, 0.05) is 18.0 Å². The number of aromatic nitrogens is 2. The minimum atomic E-state index is -1.19. The Kier molecular flexibility index (Phi) is 2.59. The smallest absolute Gasteiger partial charge is 0.356 e. The van der Waals surface area contributed by atoms with Crippen LogP contribution in [0.25, 0.3) is 11.3 Å². The lowest BCUT2D eigenvalue weighted by molar-refractivity contribution is 0.0691. The standard InChI is InChI=1S/C11H7FN2O2/c12-8-3-1-2-7(6-8)9-10(11(15)16)14-5-4-13-9/h1-6H,(H,15,16). The molecule has 1 aromatic heterocycles. The summed E-state index contributed by atoms with van der Waals surface area (Å²) >= 11 is 0. The van der Waals surface area contributed by atoms with Crippen molar-refractivity contribution in [3.8, 4) is 11.3 Å². The van der Waals surface area contributed by atoms with E-state index in [4.69, 9.17) is 5.11 Å². The maximum absolute atomic E-state index is 13.0. The molecular formula is C11H7FN2O2. The molecule has 80 valence electrons. The van der Waals surface area contributed by atoms with Crippen molar-refractivity contribution in [1.82, 2.24) is 9.97 Å². The quantitative estimate of drug-likeness (QED) is 0.837. The third kappa shape index (κ3) is 1.88. The second-order valence-corrected chi connectivity index (χ2v) is 3.07. The van der Waals surface area contributed by atoms with Crippen molar-refractivity contribution in [3.05, 3.63) is 48.2 Å². The highest BCUT2D eigenvalue weighted by molar-refractivity contribution is 5.92. The van der Waals surface area contributed by atoms with Crippen molar-refractivity contribution in [1.29, 1.82) is 0 Å². The van der Waals surface area contributed by atoms with Gasteiger partial charge in [-0.15, -0.1) is 0 Å². The van der Waals surface area contributed by atoms with Crippen molar-refractivity contribution in [2.24, 2.45) is 0 Å². The van der Waals surface area contributed by atoms with Gasteiger partial charge in [0.15, 0.2) is 5.69 Å². The van der Waals surface area contributed by atoms with Crippen LogP contribution < -0.4 is 0 Å². The van der Waals surface area contributed by atoms with E-state index in [9.17, 15) is 9.18 Å². The van der Waals surface area contributed by atoms with Gasteiger partial charge in [-0.05, 0) is 12.1 Å². The van der Waals surface area contributed by atoms with Crippen LogP contribution in [0.1, 0.15) is 10.5 Å². The molecule has 0 aliphatic carbocycles. The third-order valence-electron chi connectivity index (χ3n) is 2.00. The minimum Gasteiger partial charge on any atom is -0.476 e. The van der Waals surface area contributed by atoms with E-state index in [1.54, 1.807) is 6.07 Å². The van der Waals surface area contributed by atoms with Crippen molar-refractivity contribution < 1.29 is 14.3 Å². The van der Waals surface area contributed by atoms with Gasteiger partial charge in [-0.25, -0.2) is 14.2 Å². The van der Waals surface area contributed by atoms with Gasteiger partial charge in [0.05, 0.1) is 0 Å². The van der Waals surface area contributed by atoms with Crippen LogP contribution in [-0.2, 0) is 0 Å². The number of aromatic carboxylic acids is 1. The van der Waals surface area contributed by atoms with E-state index in [1.807, 2.05) is 0 Å². The van der Waals surface area contributed by atoms with E-state index in [0.29, 0.717) is 5.56 Å². The van der Waals surface area contributed by atoms with Gasteiger partial charge in [-0.1, -0.05) is 12.1 Å². The average Bonchev–Trinajstić information content (AvgIpc) is 2.29. The summed E-state index contributed by atoms with van der Waals surface area (Å²) in [6.07, 6.45) is 2.65. The molecule has 2 aromatic rings. The second kappa shape index (κ2) is 4.06. The Morgan fingerprint density at radius 3 is 2.69 bits per heavy atom. The molecule has 0 saturated heterocycles. The normalized spacial score (nSPS) is 10.1. The first-order valence-electron chi connectivity index (χ1n) is 4.49. The summed E-state index contributed by atoms with van der Waals surface area (Å²) in [5, 5.41) is 8.90. The van der Waals surface area contributed by atoms with Crippen LogP contribution in [-0.4, -0.2) is 21.0 Å². The molecule has 0 unspecified atom stereocenters. The van der Waals surface area contributed by atoms with Gasteiger partial charge in [0.25, 0.3) is 0 Å². The second-order valence-electron chi connectivity index (χ2n) is 3.07. The van der Waals surface area contributed by atoms with E-state index < -0.39 is 11.8 Å². The summed E-state index contributed by atoms with van der Waals surface area (Å²) in [6, 6.07) is 5.57. The highest BCUT2D eigenvalue weighted by Crippen LogP contribution is 2.20. The van der Waals surface area contributed by atoms with E-state index in [-0.39, 0.29) is 11.4 Å². The molecule has 4 nitrogen and oxygen atoms in total. The molecule has 5 heteroatoms. The van der Waals surface area contributed by atoms with E-state index in [2.05, 4.69) is 9.97 Å².